The first-order valence-corrected chi connectivity index (χ1v) is 6.42. The van der Waals surface area contributed by atoms with Crippen molar-refractivity contribution in [3.63, 3.8) is 0 Å². The third kappa shape index (κ3) is 2.15. The van der Waals surface area contributed by atoms with Gasteiger partial charge >= 0.3 is 0 Å². The van der Waals surface area contributed by atoms with Gasteiger partial charge in [0.1, 0.15) is 0 Å². The average Bonchev–Trinajstić information content (AvgIpc) is 2.24. The zero-order valence-corrected chi connectivity index (χ0v) is 10.8. The lowest BCUT2D eigenvalue weighted by atomic mass is 9.64. The van der Waals surface area contributed by atoms with E-state index in [9.17, 15) is 0 Å². The molecule has 1 aliphatic carbocycles. The quantitative estimate of drug-likeness (QED) is 0.747. The van der Waals surface area contributed by atoms with E-state index in [1.165, 1.54) is 31.4 Å². The van der Waals surface area contributed by atoms with Gasteiger partial charge in [-0.05, 0) is 38.9 Å². The van der Waals surface area contributed by atoms with Gasteiger partial charge in [0.25, 0.3) is 0 Å². The van der Waals surface area contributed by atoms with Crippen molar-refractivity contribution in [2.24, 2.45) is 0 Å². The Hall–Kier alpha value is -0.820. The summed E-state index contributed by atoms with van der Waals surface area (Å²) >= 11 is 0. The summed E-state index contributed by atoms with van der Waals surface area (Å²) in [6.45, 7) is 6.76. The highest BCUT2D eigenvalue weighted by molar-refractivity contribution is 5.31. The van der Waals surface area contributed by atoms with Crippen molar-refractivity contribution >= 4 is 0 Å². The van der Waals surface area contributed by atoms with Gasteiger partial charge < -0.3 is 4.90 Å². The van der Waals surface area contributed by atoms with E-state index in [0.29, 0.717) is 5.41 Å². The first-order valence-electron chi connectivity index (χ1n) is 6.42. The van der Waals surface area contributed by atoms with E-state index < -0.39 is 0 Å². The minimum Gasteiger partial charge on any atom is -0.306 e. The molecular formula is C15H23N. The number of benzene rings is 1. The molecule has 1 saturated carbocycles. The summed E-state index contributed by atoms with van der Waals surface area (Å²) in [5, 5.41) is 0. The summed E-state index contributed by atoms with van der Waals surface area (Å²) in [6, 6.07) is 9.17. The fraction of sp³-hybridized carbons (Fsp3) is 0.600. The third-order valence-electron chi connectivity index (χ3n) is 4.09. The predicted molar refractivity (Wildman–Crippen MR) is 69.9 cm³/mol. The molecule has 2 rings (SSSR count). The molecule has 1 aromatic carbocycles. The lowest BCUT2D eigenvalue weighted by molar-refractivity contribution is 0.164. The van der Waals surface area contributed by atoms with Crippen LogP contribution in [-0.2, 0) is 5.41 Å². The number of nitrogens with zero attached hydrogens (tertiary/aromatic N) is 1. The molecule has 0 atom stereocenters. The molecule has 0 aliphatic heterocycles. The zero-order chi connectivity index (χ0) is 11.6. The number of hydrogen-bond acceptors (Lipinski definition) is 1. The number of rotatable bonds is 4. The Morgan fingerprint density at radius 3 is 2.25 bits per heavy atom. The standard InChI is InChI=1S/C15H23N/c1-4-16(3)12-15(10-5-11-15)14-8-6-13(2)7-9-14/h6-9H,4-5,10-12H2,1-3H3. The first kappa shape index (κ1) is 11.7. The van der Waals surface area contributed by atoms with Gasteiger partial charge in [-0.25, -0.2) is 0 Å². The minimum atomic E-state index is 0.457. The first-order chi connectivity index (χ1) is 7.66. The minimum absolute atomic E-state index is 0.457. The molecule has 0 bridgehead atoms. The van der Waals surface area contributed by atoms with Crippen molar-refractivity contribution in [1.29, 1.82) is 0 Å². The molecular weight excluding hydrogens is 194 g/mol. The number of likely N-dealkylation sites (N-methyl/N-ethyl adjacent to an activating group) is 1. The molecule has 1 aliphatic rings. The SMILES string of the molecule is CCN(C)CC1(c2ccc(C)cc2)CCC1. The van der Waals surface area contributed by atoms with Crippen LogP contribution in [-0.4, -0.2) is 25.0 Å². The summed E-state index contributed by atoms with van der Waals surface area (Å²) < 4.78 is 0. The fourth-order valence-corrected chi connectivity index (χ4v) is 2.68. The van der Waals surface area contributed by atoms with Gasteiger partial charge in [0.05, 0.1) is 0 Å². The Bertz CT molecular complexity index is 335. The highest BCUT2D eigenvalue weighted by Gasteiger charge is 2.38. The van der Waals surface area contributed by atoms with Crippen LogP contribution in [0.2, 0.25) is 0 Å². The van der Waals surface area contributed by atoms with Gasteiger partial charge in [0.15, 0.2) is 0 Å². The van der Waals surface area contributed by atoms with Gasteiger partial charge in [-0.15, -0.1) is 0 Å². The van der Waals surface area contributed by atoms with E-state index in [2.05, 4.69) is 50.1 Å². The van der Waals surface area contributed by atoms with Crippen LogP contribution in [0.3, 0.4) is 0 Å². The van der Waals surface area contributed by atoms with Crippen LogP contribution in [0, 0.1) is 6.92 Å². The summed E-state index contributed by atoms with van der Waals surface area (Å²) in [5.41, 5.74) is 3.37. The maximum atomic E-state index is 2.44. The van der Waals surface area contributed by atoms with Gasteiger partial charge in [-0.2, -0.15) is 0 Å². The maximum absolute atomic E-state index is 2.44. The van der Waals surface area contributed by atoms with Gasteiger partial charge in [-0.1, -0.05) is 43.2 Å². The summed E-state index contributed by atoms with van der Waals surface area (Å²) in [5.74, 6) is 0. The van der Waals surface area contributed by atoms with Crippen LogP contribution in [0.25, 0.3) is 0 Å². The number of hydrogen-bond donors (Lipinski definition) is 0. The normalized spacial score (nSPS) is 18.5. The molecule has 0 spiro atoms. The average molecular weight is 217 g/mol. The molecule has 1 nitrogen and oxygen atoms in total. The largest absolute Gasteiger partial charge is 0.306 e. The topological polar surface area (TPSA) is 3.24 Å². The van der Waals surface area contributed by atoms with Crippen LogP contribution in [0.15, 0.2) is 24.3 Å². The highest BCUT2D eigenvalue weighted by Crippen LogP contribution is 2.44. The Balaban J connectivity index is 2.17. The highest BCUT2D eigenvalue weighted by atomic mass is 15.1. The van der Waals surface area contributed by atoms with E-state index in [1.54, 1.807) is 5.56 Å². The third-order valence-corrected chi connectivity index (χ3v) is 4.09. The molecule has 1 aromatic rings. The molecule has 0 radical (unpaired) electrons. The molecule has 0 heterocycles. The predicted octanol–water partition coefficient (Wildman–Crippen LogP) is 3.37. The van der Waals surface area contributed by atoms with Gasteiger partial charge in [0, 0.05) is 12.0 Å². The van der Waals surface area contributed by atoms with E-state index in [-0.39, 0.29) is 0 Å². The van der Waals surface area contributed by atoms with Crippen LogP contribution >= 0.6 is 0 Å². The second kappa shape index (κ2) is 4.58. The second-order valence-corrected chi connectivity index (χ2v) is 5.33. The fourth-order valence-electron chi connectivity index (χ4n) is 2.68. The van der Waals surface area contributed by atoms with Crippen LogP contribution in [0.4, 0.5) is 0 Å². The van der Waals surface area contributed by atoms with Crippen LogP contribution in [0.5, 0.6) is 0 Å². The van der Waals surface area contributed by atoms with Crippen molar-refractivity contribution in [3.8, 4) is 0 Å². The van der Waals surface area contributed by atoms with Crippen LogP contribution < -0.4 is 0 Å². The summed E-state index contributed by atoms with van der Waals surface area (Å²) in [4.78, 5) is 2.44. The van der Waals surface area contributed by atoms with Gasteiger partial charge in [-0.3, -0.25) is 0 Å². The lowest BCUT2D eigenvalue weighted by Crippen LogP contribution is -2.44. The van der Waals surface area contributed by atoms with Gasteiger partial charge in [0.2, 0.25) is 0 Å². The Kier molecular flexibility index (Phi) is 3.34. The van der Waals surface area contributed by atoms with Crippen LogP contribution in [0.1, 0.15) is 37.3 Å². The van der Waals surface area contributed by atoms with Crippen molar-refractivity contribution in [2.75, 3.05) is 20.1 Å². The smallest absolute Gasteiger partial charge is 0.00802 e. The lowest BCUT2D eigenvalue weighted by Gasteiger charge is -2.45. The second-order valence-electron chi connectivity index (χ2n) is 5.33. The molecule has 16 heavy (non-hydrogen) atoms. The molecule has 0 aromatic heterocycles. The molecule has 88 valence electrons. The zero-order valence-electron chi connectivity index (χ0n) is 10.8. The monoisotopic (exact) mass is 217 g/mol. The van der Waals surface area contributed by atoms with E-state index in [4.69, 9.17) is 0 Å². The molecule has 0 N–H and O–H groups in total. The van der Waals surface area contributed by atoms with Crippen molar-refractivity contribution in [1.82, 2.24) is 4.90 Å². The Morgan fingerprint density at radius 2 is 1.81 bits per heavy atom. The molecule has 0 amide bonds. The van der Waals surface area contributed by atoms with E-state index in [1.807, 2.05) is 0 Å². The maximum Gasteiger partial charge on any atom is 0.00802 e. The summed E-state index contributed by atoms with van der Waals surface area (Å²) in [7, 11) is 2.23. The van der Waals surface area contributed by atoms with E-state index >= 15 is 0 Å². The van der Waals surface area contributed by atoms with E-state index in [0.717, 1.165) is 6.54 Å². The molecule has 1 heteroatoms. The molecule has 0 saturated heterocycles. The summed E-state index contributed by atoms with van der Waals surface area (Å²) in [6.07, 6.45) is 4.12. The number of aryl methyl sites for hydroxylation is 1. The Labute approximate surface area is 99.5 Å². The van der Waals surface area contributed by atoms with Crippen molar-refractivity contribution in [3.05, 3.63) is 35.4 Å². The molecule has 0 unspecified atom stereocenters. The Morgan fingerprint density at radius 1 is 1.19 bits per heavy atom. The van der Waals surface area contributed by atoms with Crippen molar-refractivity contribution in [2.45, 2.75) is 38.5 Å². The van der Waals surface area contributed by atoms with Crippen molar-refractivity contribution < 1.29 is 0 Å². The molecule has 1 fully saturated rings.